The Balaban J connectivity index is 1.78. The average Bonchev–Trinajstić information content (AvgIpc) is 2.61. The van der Waals surface area contributed by atoms with Gasteiger partial charge in [0.05, 0.1) is 17.3 Å². The first-order valence-corrected chi connectivity index (χ1v) is 8.99. The molecule has 1 aliphatic heterocycles. The molecule has 0 aliphatic carbocycles. The Hall–Kier alpha value is -2.47. The van der Waals surface area contributed by atoms with E-state index in [1.54, 1.807) is 0 Å². The van der Waals surface area contributed by atoms with E-state index in [1.807, 2.05) is 39.0 Å². The average molecular weight is 373 g/mol. The fourth-order valence-electron chi connectivity index (χ4n) is 2.84. The van der Waals surface area contributed by atoms with Crippen LogP contribution in [-0.2, 0) is 11.2 Å². The van der Waals surface area contributed by atoms with Gasteiger partial charge in [-0.15, -0.1) is 0 Å². The van der Waals surface area contributed by atoms with Gasteiger partial charge in [0.25, 0.3) is 5.91 Å². The maximum Gasteiger partial charge on any atom is 0.272 e. The number of benzene rings is 1. The molecule has 0 bridgehead atoms. The minimum atomic E-state index is -0.335. The summed E-state index contributed by atoms with van der Waals surface area (Å²) in [4.78, 5) is 32.5. The third-order valence-corrected chi connectivity index (χ3v) is 4.64. The number of rotatable bonds is 4. The van der Waals surface area contributed by atoms with Gasteiger partial charge in [0.2, 0.25) is 5.91 Å². The summed E-state index contributed by atoms with van der Waals surface area (Å²) in [6.45, 7) is 5.82. The Labute approximate surface area is 157 Å². The lowest BCUT2D eigenvalue weighted by atomic mass is 9.98. The van der Waals surface area contributed by atoms with Crippen LogP contribution in [0.1, 0.15) is 66.6 Å². The van der Waals surface area contributed by atoms with Crippen LogP contribution in [0.2, 0.25) is 5.02 Å². The molecule has 2 aromatic rings. The Kier molecular flexibility index (Phi) is 5.23. The molecule has 0 spiro atoms. The second-order valence-electron chi connectivity index (χ2n) is 6.74. The van der Waals surface area contributed by atoms with Crippen LogP contribution in [0, 0.1) is 0 Å². The third kappa shape index (κ3) is 3.85. The van der Waals surface area contributed by atoms with Crippen molar-refractivity contribution in [3.8, 4) is 0 Å². The standard InChI is InChI=1S/C19H21ClN4O2/c1-10(2)18-21-9-14(20)17(24-18)19(26)22-11(3)12-4-6-15-13(8-12)5-7-16(25)23-15/h4,6,8-11H,5,7H2,1-3H3,(H,22,26)(H,23,25). The van der Waals surface area contributed by atoms with Gasteiger partial charge in [-0.05, 0) is 30.5 Å². The molecule has 7 heteroatoms. The molecule has 6 nitrogen and oxygen atoms in total. The van der Waals surface area contributed by atoms with Crippen LogP contribution >= 0.6 is 11.6 Å². The zero-order chi connectivity index (χ0) is 18.8. The zero-order valence-corrected chi connectivity index (χ0v) is 15.7. The van der Waals surface area contributed by atoms with Gasteiger partial charge in [0.15, 0.2) is 0 Å². The Morgan fingerprint density at radius 1 is 1.27 bits per heavy atom. The molecule has 1 aromatic heterocycles. The van der Waals surface area contributed by atoms with E-state index in [1.165, 1.54) is 6.20 Å². The molecule has 26 heavy (non-hydrogen) atoms. The number of anilines is 1. The first kappa shape index (κ1) is 18.3. The molecule has 2 N–H and O–H groups in total. The number of fused-ring (bicyclic) bond motifs is 1. The van der Waals surface area contributed by atoms with Crippen molar-refractivity contribution >= 4 is 29.1 Å². The summed E-state index contributed by atoms with van der Waals surface area (Å²) in [5.74, 6) is 0.382. The summed E-state index contributed by atoms with van der Waals surface area (Å²) in [5.41, 5.74) is 3.05. The van der Waals surface area contributed by atoms with Crippen LogP contribution in [-0.4, -0.2) is 21.8 Å². The molecule has 2 heterocycles. The largest absolute Gasteiger partial charge is 0.344 e. The van der Waals surface area contributed by atoms with Gasteiger partial charge in [0, 0.05) is 18.0 Å². The van der Waals surface area contributed by atoms with E-state index in [4.69, 9.17) is 11.6 Å². The zero-order valence-electron chi connectivity index (χ0n) is 15.0. The van der Waals surface area contributed by atoms with Crippen molar-refractivity contribution in [1.82, 2.24) is 15.3 Å². The predicted octanol–water partition coefficient (Wildman–Crippen LogP) is 3.63. The monoisotopic (exact) mass is 372 g/mol. The Morgan fingerprint density at radius 3 is 2.77 bits per heavy atom. The van der Waals surface area contributed by atoms with Crippen LogP contribution in [0.15, 0.2) is 24.4 Å². The van der Waals surface area contributed by atoms with E-state index < -0.39 is 0 Å². The van der Waals surface area contributed by atoms with Gasteiger partial charge in [-0.25, -0.2) is 9.97 Å². The smallest absolute Gasteiger partial charge is 0.272 e. The molecule has 3 rings (SSSR count). The predicted molar refractivity (Wildman–Crippen MR) is 100 cm³/mol. The fourth-order valence-corrected chi connectivity index (χ4v) is 3.02. The Bertz CT molecular complexity index is 867. The summed E-state index contributed by atoms with van der Waals surface area (Å²) in [6.07, 6.45) is 2.64. The van der Waals surface area contributed by atoms with Crippen LogP contribution in [0.25, 0.3) is 0 Å². The van der Waals surface area contributed by atoms with Crippen molar-refractivity contribution in [1.29, 1.82) is 0 Å². The number of halogens is 1. The molecule has 0 fully saturated rings. The molecule has 2 amide bonds. The van der Waals surface area contributed by atoms with Gasteiger partial charge in [-0.1, -0.05) is 37.6 Å². The van der Waals surface area contributed by atoms with E-state index in [0.717, 1.165) is 16.8 Å². The molecule has 136 valence electrons. The number of nitrogens with one attached hydrogen (secondary N) is 2. The molecular weight excluding hydrogens is 352 g/mol. The molecule has 1 aliphatic rings. The van der Waals surface area contributed by atoms with Gasteiger partial charge in [-0.3, -0.25) is 9.59 Å². The number of aromatic nitrogens is 2. The van der Waals surface area contributed by atoms with Crippen molar-refractivity contribution in [2.75, 3.05) is 5.32 Å². The first-order chi connectivity index (χ1) is 12.3. The summed E-state index contributed by atoms with van der Waals surface area (Å²) in [5, 5.41) is 6.02. The normalized spacial score (nSPS) is 14.6. The van der Waals surface area contributed by atoms with Crippen molar-refractivity contribution < 1.29 is 9.59 Å². The number of hydrogen-bond donors (Lipinski definition) is 2. The second kappa shape index (κ2) is 7.41. The van der Waals surface area contributed by atoms with Crippen LogP contribution in [0.3, 0.4) is 0 Å². The van der Waals surface area contributed by atoms with Crippen molar-refractivity contribution in [3.63, 3.8) is 0 Å². The minimum Gasteiger partial charge on any atom is -0.344 e. The number of aryl methyl sites for hydroxylation is 1. The van der Waals surface area contributed by atoms with E-state index in [9.17, 15) is 9.59 Å². The molecule has 0 radical (unpaired) electrons. The summed E-state index contributed by atoms with van der Waals surface area (Å²) in [6, 6.07) is 5.56. The lowest BCUT2D eigenvalue weighted by molar-refractivity contribution is -0.116. The first-order valence-electron chi connectivity index (χ1n) is 8.61. The van der Waals surface area contributed by atoms with Crippen molar-refractivity contribution in [2.24, 2.45) is 0 Å². The molecule has 0 saturated carbocycles. The molecule has 1 aromatic carbocycles. The SMILES string of the molecule is CC(C)c1ncc(Cl)c(C(=O)NC(C)c2ccc3c(c2)CCC(=O)N3)n1. The summed E-state index contributed by atoms with van der Waals surface area (Å²) >= 11 is 6.11. The fraction of sp³-hybridized carbons (Fsp3) is 0.368. The van der Waals surface area contributed by atoms with Gasteiger partial charge < -0.3 is 10.6 Å². The quantitative estimate of drug-likeness (QED) is 0.858. The molecule has 1 atom stereocenters. The lowest BCUT2D eigenvalue weighted by Gasteiger charge is -2.20. The highest BCUT2D eigenvalue weighted by Gasteiger charge is 2.20. The van der Waals surface area contributed by atoms with E-state index in [2.05, 4.69) is 20.6 Å². The number of nitrogens with zero attached hydrogens (tertiary/aromatic N) is 2. The number of carbonyl (C=O) groups excluding carboxylic acids is 2. The van der Waals surface area contributed by atoms with Crippen molar-refractivity contribution in [2.45, 2.75) is 45.6 Å². The number of carbonyl (C=O) groups is 2. The van der Waals surface area contributed by atoms with Gasteiger partial charge in [-0.2, -0.15) is 0 Å². The Morgan fingerprint density at radius 2 is 2.04 bits per heavy atom. The van der Waals surface area contributed by atoms with Gasteiger partial charge >= 0.3 is 0 Å². The highest BCUT2D eigenvalue weighted by molar-refractivity contribution is 6.33. The maximum absolute atomic E-state index is 12.6. The van der Waals surface area contributed by atoms with E-state index >= 15 is 0 Å². The second-order valence-corrected chi connectivity index (χ2v) is 7.15. The lowest BCUT2D eigenvalue weighted by Crippen LogP contribution is -2.28. The molecule has 1 unspecified atom stereocenters. The van der Waals surface area contributed by atoms with Gasteiger partial charge in [0.1, 0.15) is 11.5 Å². The molecule has 0 saturated heterocycles. The van der Waals surface area contributed by atoms with Crippen LogP contribution in [0.4, 0.5) is 5.69 Å². The minimum absolute atomic E-state index is 0.0333. The maximum atomic E-state index is 12.6. The summed E-state index contributed by atoms with van der Waals surface area (Å²) in [7, 11) is 0. The number of amides is 2. The highest BCUT2D eigenvalue weighted by atomic mass is 35.5. The van der Waals surface area contributed by atoms with Crippen LogP contribution in [0.5, 0.6) is 0 Å². The third-order valence-electron chi connectivity index (χ3n) is 4.37. The highest BCUT2D eigenvalue weighted by Crippen LogP contribution is 2.26. The van der Waals surface area contributed by atoms with Crippen molar-refractivity contribution in [3.05, 3.63) is 52.1 Å². The van der Waals surface area contributed by atoms with E-state index in [0.29, 0.717) is 18.7 Å². The van der Waals surface area contributed by atoms with Crippen LogP contribution < -0.4 is 10.6 Å². The van der Waals surface area contributed by atoms with E-state index in [-0.39, 0.29) is 34.5 Å². The topological polar surface area (TPSA) is 84.0 Å². The number of hydrogen-bond acceptors (Lipinski definition) is 4. The molecular formula is C19H21ClN4O2. The summed E-state index contributed by atoms with van der Waals surface area (Å²) < 4.78 is 0.